The van der Waals surface area contributed by atoms with Gasteiger partial charge < -0.3 is 10.2 Å². The van der Waals surface area contributed by atoms with E-state index in [4.69, 9.17) is 11.6 Å². The molecular weight excluding hydrogens is 379 g/mol. The molecule has 0 aliphatic rings. The van der Waals surface area contributed by atoms with Crippen molar-refractivity contribution in [1.82, 2.24) is 10.2 Å². The Morgan fingerprint density at radius 3 is 2.29 bits per heavy atom. The van der Waals surface area contributed by atoms with Crippen molar-refractivity contribution < 1.29 is 14.0 Å². The lowest BCUT2D eigenvalue weighted by Crippen LogP contribution is -2.52. The summed E-state index contributed by atoms with van der Waals surface area (Å²) in [7, 11) is 0. The SMILES string of the molecule is C[C@@H](C(=O)NC(C)(C)C)N(Cc1ccccc1F)C(=O)Cc1ccc(Cl)cc1. The molecule has 6 heteroatoms. The van der Waals surface area contributed by atoms with Gasteiger partial charge >= 0.3 is 0 Å². The molecule has 0 unspecified atom stereocenters. The summed E-state index contributed by atoms with van der Waals surface area (Å²) in [6, 6.07) is 12.5. The van der Waals surface area contributed by atoms with E-state index < -0.39 is 17.4 Å². The Bertz CT molecular complexity index is 831. The summed E-state index contributed by atoms with van der Waals surface area (Å²) in [5.74, 6) is -0.953. The fourth-order valence-corrected chi connectivity index (χ4v) is 2.87. The van der Waals surface area contributed by atoms with E-state index in [1.165, 1.54) is 11.0 Å². The monoisotopic (exact) mass is 404 g/mol. The van der Waals surface area contributed by atoms with Gasteiger partial charge in [-0.3, -0.25) is 9.59 Å². The van der Waals surface area contributed by atoms with Crippen molar-refractivity contribution >= 4 is 23.4 Å². The van der Waals surface area contributed by atoms with Crippen molar-refractivity contribution in [3.05, 3.63) is 70.5 Å². The number of hydrogen-bond acceptors (Lipinski definition) is 2. The van der Waals surface area contributed by atoms with Crippen LogP contribution in [0.5, 0.6) is 0 Å². The van der Waals surface area contributed by atoms with E-state index in [1.54, 1.807) is 49.4 Å². The molecule has 0 aromatic heterocycles. The Labute approximate surface area is 170 Å². The van der Waals surface area contributed by atoms with Crippen molar-refractivity contribution in [3.8, 4) is 0 Å². The average molecular weight is 405 g/mol. The number of nitrogens with one attached hydrogen (secondary N) is 1. The maximum atomic E-state index is 14.2. The molecule has 2 aromatic carbocycles. The summed E-state index contributed by atoms with van der Waals surface area (Å²) in [5, 5.41) is 3.46. The van der Waals surface area contributed by atoms with Crippen LogP contribution in [-0.4, -0.2) is 28.3 Å². The first kappa shape index (κ1) is 21.9. The average Bonchev–Trinajstić information content (AvgIpc) is 2.61. The fourth-order valence-electron chi connectivity index (χ4n) is 2.75. The van der Waals surface area contributed by atoms with Gasteiger partial charge in [-0.2, -0.15) is 0 Å². The molecule has 2 rings (SSSR count). The molecule has 1 N–H and O–H groups in total. The van der Waals surface area contributed by atoms with E-state index >= 15 is 0 Å². The van der Waals surface area contributed by atoms with Gasteiger partial charge in [0.1, 0.15) is 11.9 Å². The van der Waals surface area contributed by atoms with Crippen molar-refractivity contribution in [3.63, 3.8) is 0 Å². The maximum absolute atomic E-state index is 14.2. The topological polar surface area (TPSA) is 49.4 Å². The highest BCUT2D eigenvalue weighted by atomic mass is 35.5. The zero-order valence-electron chi connectivity index (χ0n) is 16.6. The summed E-state index contributed by atoms with van der Waals surface area (Å²) in [6.45, 7) is 7.27. The minimum absolute atomic E-state index is 0.0117. The molecule has 0 aliphatic heterocycles. The second kappa shape index (κ2) is 9.20. The lowest BCUT2D eigenvalue weighted by Gasteiger charge is -2.31. The van der Waals surface area contributed by atoms with Gasteiger partial charge in [-0.25, -0.2) is 4.39 Å². The van der Waals surface area contributed by atoms with Crippen LogP contribution >= 0.6 is 11.6 Å². The molecule has 4 nitrogen and oxygen atoms in total. The highest BCUT2D eigenvalue weighted by molar-refractivity contribution is 6.30. The van der Waals surface area contributed by atoms with E-state index in [-0.39, 0.29) is 24.8 Å². The lowest BCUT2D eigenvalue weighted by molar-refractivity contribution is -0.140. The normalized spacial score (nSPS) is 12.4. The van der Waals surface area contributed by atoms with Crippen LogP contribution in [0.1, 0.15) is 38.8 Å². The van der Waals surface area contributed by atoms with Crippen LogP contribution in [-0.2, 0) is 22.6 Å². The predicted molar refractivity (Wildman–Crippen MR) is 109 cm³/mol. The molecule has 150 valence electrons. The van der Waals surface area contributed by atoms with Gasteiger partial charge in [-0.15, -0.1) is 0 Å². The van der Waals surface area contributed by atoms with Gasteiger partial charge in [-0.05, 0) is 51.5 Å². The first-order chi connectivity index (χ1) is 13.1. The number of carbonyl (C=O) groups excluding carboxylic acids is 2. The highest BCUT2D eigenvalue weighted by Gasteiger charge is 2.28. The van der Waals surface area contributed by atoms with Crippen molar-refractivity contribution in [1.29, 1.82) is 0 Å². The van der Waals surface area contributed by atoms with Crippen LogP contribution in [0.15, 0.2) is 48.5 Å². The van der Waals surface area contributed by atoms with Crippen molar-refractivity contribution in [2.75, 3.05) is 0 Å². The number of rotatable bonds is 6. The molecule has 0 heterocycles. The quantitative estimate of drug-likeness (QED) is 0.777. The first-order valence-electron chi connectivity index (χ1n) is 9.16. The minimum atomic E-state index is -0.751. The zero-order chi connectivity index (χ0) is 20.9. The van der Waals surface area contributed by atoms with E-state index in [2.05, 4.69) is 5.32 Å². The molecule has 0 saturated carbocycles. The summed E-state index contributed by atoms with van der Waals surface area (Å²) in [4.78, 5) is 27.1. The van der Waals surface area contributed by atoms with Crippen LogP contribution in [0.25, 0.3) is 0 Å². The third kappa shape index (κ3) is 6.34. The summed E-state index contributed by atoms with van der Waals surface area (Å²) in [6.07, 6.45) is 0.0960. The number of halogens is 2. The third-order valence-electron chi connectivity index (χ3n) is 4.23. The molecule has 1 atom stereocenters. The summed E-state index contributed by atoms with van der Waals surface area (Å²) >= 11 is 5.90. The molecule has 28 heavy (non-hydrogen) atoms. The van der Waals surface area contributed by atoms with Gasteiger partial charge in [-0.1, -0.05) is 41.9 Å². The minimum Gasteiger partial charge on any atom is -0.350 e. The van der Waals surface area contributed by atoms with E-state index in [1.807, 2.05) is 20.8 Å². The number of amides is 2. The van der Waals surface area contributed by atoms with Crippen molar-refractivity contribution in [2.24, 2.45) is 0 Å². The second-order valence-corrected chi connectivity index (χ2v) is 8.27. The molecule has 0 spiro atoms. The largest absolute Gasteiger partial charge is 0.350 e. The Balaban J connectivity index is 2.26. The lowest BCUT2D eigenvalue weighted by atomic mass is 10.1. The van der Waals surface area contributed by atoms with Crippen LogP contribution in [0.4, 0.5) is 4.39 Å². The standard InChI is InChI=1S/C22H26ClFN2O2/c1-15(21(28)25-22(2,3)4)26(14-17-7-5-6-8-19(17)24)20(27)13-16-9-11-18(23)12-10-16/h5-12,15H,13-14H2,1-4H3,(H,25,28)/t15-/m0/s1. The molecule has 2 amide bonds. The number of benzene rings is 2. The van der Waals surface area contributed by atoms with Crippen LogP contribution in [0.2, 0.25) is 5.02 Å². The van der Waals surface area contributed by atoms with Gasteiger partial charge in [0.05, 0.1) is 6.42 Å². The van der Waals surface area contributed by atoms with Crippen LogP contribution in [0, 0.1) is 5.82 Å². The smallest absolute Gasteiger partial charge is 0.242 e. The van der Waals surface area contributed by atoms with E-state index in [0.29, 0.717) is 10.6 Å². The molecule has 0 bridgehead atoms. The molecule has 0 saturated heterocycles. The summed E-state index contributed by atoms with van der Waals surface area (Å²) < 4.78 is 14.2. The Kier molecular flexibility index (Phi) is 7.19. The fraction of sp³-hybridized carbons (Fsp3) is 0.364. The van der Waals surface area contributed by atoms with Gasteiger partial charge in [0.25, 0.3) is 0 Å². The first-order valence-corrected chi connectivity index (χ1v) is 9.54. The molecule has 0 aliphatic carbocycles. The van der Waals surface area contributed by atoms with Gasteiger partial charge in [0, 0.05) is 22.7 Å². The molecule has 0 fully saturated rings. The van der Waals surface area contributed by atoms with Crippen molar-refractivity contribution in [2.45, 2.75) is 52.2 Å². The number of nitrogens with zero attached hydrogens (tertiary/aromatic N) is 1. The number of carbonyl (C=O) groups is 2. The van der Waals surface area contributed by atoms with Crippen LogP contribution < -0.4 is 5.32 Å². The van der Waals surface area contributed by atoms with E-state index in [9.17, 15) is 14.0 Å². The number of hydrogen-bond donors (Lipinski definition) is 1. The highest BCUT2D eigenvalue weighted by Crippen LogP contribution is 2.16. The molecular formula is C22H26ClFN2O2. The van der Waals surface area contributed by atoms with Crippen LogP contribution in [0.3, 0.4) is 0 Å². The van der Waals surface area contributed by atoms with E-state index in [0.717, 1.165) is 5.56 Å². The van der Waals surface area contributed by atoms with Gasteiger partial charge in [0.2, 0.25) is 11.8 Å². The molecule has 0 radical (unpaired) electrons. The Morgan fingerprint density at radius 1 is 1.11 bits per heavy atom. The summed E-state index contributed by atoms with van der Waals surface area (Å²) in [5.41, 5.74) is 0.701. The third-order valence-corrected chi connectivity index (χ3v) is 4.48. The van der Waals surface area contributed by atoms with Gasteiger partial charge in [0.15, 0.2) is 0 Å². The predicted octanol–water partition coefficient (Wildman–Crippen LogP) is 4.35. The maximum Gasteiger partial charge on any atom is 0.242 e. The Hall–Kier alpha value is -2.40. The molecule has 2 aromatic rings. The zero-order valence-corrected chi connectivity index (χ0v) is 17.4. The second-order valence-electron chi connectivity index (χ2n) is 7.83. The Morgan fingerprint density at radius 2 is 1.71 bits per heavy atom.